The first-order valence-corrected chi connectivity index (χ1v) is 7.77. The van der Waals surface area contributed by atoms with Crippen LogP contribution in [0.25, 0.3) is 0 Å². The van der Waals surface area contributed by atoms with Crippen molar-refractivity contribution >= 4 is 11.9 Å². The van der Waals surface area contributed by atoms with Crippen LogP contribution in [0.2, 0.25) is 0 Å². The van der Waals surface area contributed by atoms with Crippen molar-refractivity contribution in [2.75, 3.05) is 19.6 Å². The smallest absolute Gasteiger partial charge is 0.311 e. The lowest BCUT2D eigenvalue weighted by Gasteiger charge is -2.33. The van der Waals surface area contributed by atoms with Crippen molar-refractivity contribution in [3.8, 4) is 0 Å². The van der Waals surface area contributed by atoms with E-state index in [9.17, 15) is 14.7 Å². The van der Waals surface area contributed by atoms with Gasteiger partial charge in [0.05, 0.1) is 11.0 Å². The largest absolute Gasteiger partial charge is 0.481 e. The van der Waals surface area contributed by atoms with Crippen molar-refractivity contribution in [3.63, 3.8) is 0 Å². The maximum atomic E-state index is 12.9. The number of carbonyl (C=O) groups excluding carboxylic acids is 1. The fourth-order valence-electron chi connectivity index (χ4n) is 3.70. The fraction of sp³-hybridized carbons (Fsp3) is 0.867. The van der Waals surface area contributed by atoms with E-state index in [1.54, 1.807) is 4.90 Å². The maximum absolute atomic E-state index is 12.9. The summed E-state index contributed by atoms with van der Waals surface area (Å²) < 4.78 is 0. The minimum Gasteiger partial charge on any atom is -0.481 e. The van der Waals surface area contributed by atoms with Gasteiger partial charge in [-0.3, -0.25) is 9.59 Å². The van der Waals surface area contributed by atoms with Crippen molar-refractivity contribution in [2.45, 2.75) is 57.9 Å². The second-order valence-electron chi connectivity index (χ2n) is 6.28. The number of carboxylic acids is 1. The average Bonchev–Trinajstić information content (AvgIpc) is 3.06. The lowest BCUT2D eigenvalue weighted by molar-refractivity contribution is -0.149. The van der Waals surface area contributed by atoms with E-state index < -0.39 is 16.9 Å². The topological polar surface area (TPSA) is 69.6 Å². The van der Waals surface area contributed by atoms with Gasteiger partial charge >= 0.3 is 5.97 Å². The standard InChI is InChI=1S/C15H26N2O3/c1-3-6-15(7-5-9-16-15)12(18)17-10-8-14(4-2,11-17)13(19)20/h16H,3-11H2,1-2H3,(H,19,20). The molecule has 2 atom stereocenters. The zero-order chi connectivity index (χ0) is 14.8. The first-order chi connectivity index (χ1) is 9.49. The Bertz CT molecular complexity index is 391. The lowest BCUT2D eigenvalue weighted by atomic mass is 9.84. The molecule has 2 unspecified atom stereocenters. The molecule has 0 spiro atoms. The number of likely N-dealkylation sites (tertiary alicyclic amines) is 1. The van der Waals surface area contributed by atoms with Gasteiger partial charge in [0.1, 0.15) is 0 Å². The van der Waals surface area contributed by atoms with Crippen LogP contribution in [-0.2, 0) is 9.59 Å². The molecule has 2 fully saturated rings. The molecule has 2 aliphatic heterocycles. The summed E-state index contributed by atoms with van der Waals surface area (Å²) in [6, 6.07) is 0. The summed E-state index contributed by atoms with van der Waals surface area (Å²) in [7, 11) is 0. The number of hydrogen-bond donors (Lipinski definition) is 2. The highest BCUT2D eigenvalue weighted by atomic mass is 16.4. The molecule has 2 heterocycles. The molecule has 114 valence electrons. The Hall–Kier alpha value is -1.10. The van der Waals surface area contributed by atoms with Crippen LogP contribution in [0.5, 0.6) is 0 Å². The number of aliphatic carboxylic acids is 1. The molecule has 20 heavy (non-hydrogen) atoms. The first kappa shape index (κ1) is 15.3. The van der Waals surface area contributed by atoms with Crippen LogP contribution in [-0.4, -0.2) is 47.1 Å². The van der Waals surface area contributed by atoms with Gasteiger partial charge in [0.25, 0.3) is 0 Å². The molecule has 0 aromatic carbocycles. The second-order valence-corrected chi connectivity index (χ2v) is 6.28. The second kappa shape index (κ2) is 5.72. The highest BCUT2D eigenvalue weighted by Gasteiger charge is 2.49. The molecule has 0 bridgehead atoms. The van der Waals surface area contributed by atoms with E-state index >= 15 is 0 Å². The van der Waals surface area contributed by atoms with Gasteiger partial charge < -0.3 is 15.3 Å². The molecule has 1 amide bonds. The fourth-order valence-corrected chi connectivity index (χ4v) is 3.70. The van der Waals surface area contributed by atoms with E-state index in [1.165, 1.54) is 0 Å². The molecule has 2 rings (SSSR count). The molecule has 2 aliphatic rings. The summed E-state index contributed by atoms with van der Waals surface area (Å²) in [5, 5.41) is 12.8. The van der Waals surface area contributed by atoms with E-state index in [0.29, 0.717) is 25.9 Å². The highest BCUT2D eigenvalue weighted by Crippen LogP contribution is 2.37. The van der Waals surface area contributed by atoms with Gasteiger partial charge in [0.2, 0.25) is 5.91 Å². The predicted octanol–water partition coefficient (Wildman–Crippen LogP) is 1.62. The van der Waals surface area contributed by atoms with Crippen LogP contribution in [0.4, 0.5) is 0 Å². The Labute approximate surface area is 120 Å². The molecule has 0 aromatic heterocycles. The third-order valence-electron chi connectivity index (χ3n) is 5.10. The van der Waals surface area contributed by atoms with Gasteiger partial charge in [0, 0.05) is 13.1 Å². The van der Waals surface area contributed by atoms with Crippen LogP contribution >= 0.6 is 0 Å². The van der Waals surface area contributed by atoms with Crippen LogP contribution in [0, 0.1) is 5.41 Å². The van der Waals surface area contributed by atoms with Gasteiger partial charge in [0.15, 0.2) is 0 Å². The molecule has 0 radical (unpaired) electrons. The van der Waals surface area contributed by atoms with Gasteiger partial charge in [-0.2, -0.15) is 0 Å². The summed E-state index contributed by atoms with van der Waals surface area (Å²) in [4.78, 5) is 26.1. The number of carboxylic acid groups (broad SMARTS) is 1. The van der Waals surface area contributed by atoms with E-state index in [4.69, 9.17) is 0 Å². The molecule has 2 saturated heterocycles. The zero-order valence-electron chi connectivity index (χ0n) is 12.6. The SMILES string of the molecule is CCCC1(C(=O)N2CCC(CC)(C(=O)O)C2)CCCN1. The van der Waals surface area contributed by atoms with Gasteiger partial charge in [-0.15, -0.1) is 0 Å². The number of nitrogens with one attached hydrogen (secondary N) is 1. The monoisotopic (exact) mass is 282 g/mol. The quantitative estimate of drug-likeness (QED) is 0.804. The predicted molar refractivity (Wildman–Crippen MR) is 76.4 cm³/mol. The molecular formula is C15H26N2O3. The third-order valence-corrected chi connectivity index (χ3v) is 5.10. The van der Waals surface area contributed by atoms with Crippen LogP contribution in [0.1, 0.15) is 52.4 Å². The Kier molecular flexibility index (Phi) is 4.37. The average molecular weight is 282 g/mol. The summed E-state index contributed by atoms with van der Waals surface area (Å²) in [6.45, 7) is 5.82. The van der Waals surface area contributed by atoms with Gasteiger partial charge in [-0.05, 0) is 38.6 Å². The van der Waals surface area contributed by atoms with Gasteiger partial charge in [-0.1, -0.05) is 20.3 Å². The molecule has 0 saturated carbocycles. The molecule has 5 nitrogen and oxygen atoms in total. The van der Waals surface area contributed by atoms with Crippen molar-refractivity contribution in [2.24, 2.45) is 5.41 Å². The van der Waals surface area contributed by atoms with E-state index in [-0.39, 0.29) is 5.91 Å². The molecular weight excluding hydrogens is 256 g/mol. The summed E-state index contributed by atoms with van der Waals surface area (Å²) in [5.41, 5.74) is -1.17. The van der Waals surface area contributed by atoms with E-state index in [2.05, 4.69) is 12.2 Å². The number of amides is 1. The molecule has 2 N–H and O–H groups in total. The number of hydrogen-bond acceptors (Lipinski definition) is 3. The minimum absolute atomic E-state index is 0.119. The van der Waals surface area contributed by atoms with Crippen LogP contribution in [0.3, 0.4) is 0 Å². The Morgan fingerprint density at radius 2 is 2.05 bits per heavy atom. The summed E-state index contributed by atoms with van der Waals surface area (Å²) in [6.07, 6.45) is 4.87. The minimum atomic E-state index is -0.765. The van der Waals surface area contributed by atoms with Crippen LogP contribution in [0.15, 0.2) is 0 Å². The Morgan fingerprint density at radius 1 is 1.30 bits per heavy atom. The third kappa shape index (κ3) is 2.43. The summed E-state index contributed by atoms with van der Waals surface area (Å²) in [5.74, 6) is -0.646. The Balaban J connectivity index is 2.12. The highest BCUT2D eigenvalue weighted by molar-refractivity contribution is 5.88. The maximum Gasteiger partial charge on any atom is 0.311 e. The molecule has 0 aliphatic carbocycles. The van der Waals surface area contributed by atoms with Crippen molar-refractivity contribution in [1.82, 2.24) is 10.2 Å². The van der Waals surface area contributed by atoms with Crippen molar-refractivity contribution < 1.29 is 14.7 Å². The van der Waals surface area contributed by atoms with E-state index in [0.717, 1.165) is 32.2 Å². The van der Waals surface area contributed by atoms with Crippen molar-refractivity contribution in [1.29, 1.82) is 0 Å². The number of rotatable bonds is 5. The normalized spacial score (nSPS) is 33.6. The van der Waals surface area contributed by atoms with Crippen LogP contribution < -0.4 is 5.32 Å². The van der Waals surface area contributed by atoms with Crippen molar-refractivity contribution in [3.05, 3.63) is 0 Å². The Morgan fingerprint density at radius 3 is 2.50 bits per heavy atom. The first-order valence-electron chi connectivity index (χ1n) is 7.77. The molecule has 5 heteroatoms. The number of nitrogens with zero attached hydrogens (tertiary/aromatic N) is 1. The lowest BCUT2D eigenvalue weighted by Crippen LogP contribution is -2.54. The zero-order valence-corrected chi connectivity index (χ0v) is 12.6. The van der Waals surface area contributed by atoms with E-state index in [1.807, 2.05) is 6.92 Å². The number of carbonyl (C=O) groups is 2. The van der Waals surface area contributed by atoms with Gasteiger partial charge in [-0.25, -0.2) is 0 Å². The molecule has 0 aromatic rings. The summed E-state index contributed by atoms with van der Waals surface area (Å²) >= 11 is 0.